The number of aryl methyl sites for hydroxylation is 1. The number of fused-ring (bicyclic) bond motifs is 2. The van der Waals surface area contributed by atoms with Crippen LogP contribution in [-0.4, -0.2) is 86.1 Å². The molecule has 43 heavy (non-hydrogen) atoms. The Balaban J connectivity index is 1.24. The number of hydrogen-bond acceptors (Lipinski definition) is 4. The van der Waals surface area contributed by atoms with E-state index >= 15 is 0 Å². The zero-order valence-corrected chi connectivity index (χ0v) is 25.4. The van der Waals surface area contributed by atoms with Crippen molar-refractivity contribution in [1.29, 1.82) is 0 Å². The lowest BCUT2D eigenvalue weighted by atomic mass is 9.91. The molecule has 0 unspecified atom stereocenters. The molecule has 1 aromatic heterocycles. The molecule has 3 heterocycles. The number of nitrogens with one attached hydrogen (secondary N) is 2. The van der Waals surface area contributed by atoms with Crippen LogP contribution in [0.15, 0.2) is 79.0 Å². The number of carbonyl (C=O) groups excluding carboxylic acids is 2. The highest BCUT2D eigenvalue weighted by atomic mass is 16.2. The Kier molecular flexibility index (Phi) is 8.38. The molecule has 3 amide bonds. The van der Waals surface area contributed by atoms with Crippen LogP contribution in [0.3, 0.4) is 0 Å². The number of hydrogen-bond donors (Lipinski definition) is 2. The smallest absolute Gasteiger partial charge is 0.318 e. The number of para-hydroxylation sites is 3. The number of rotatable bonds is 7. The molecule has 8 nitrogen and oxygen atoms in total. The van der Waals surface area contributed by atoms with E-state index in [9.17, 15) is 9.59 Å². The first-order chi connectivity index (χ1) is 20.9. The summed E-state index contributed by atoms with van der Waals surface area (Å²) >= 11 is 0. The first-order valence-electron chi connectivity index (χ1n) is 15.3. The minimum Gasteiger partial charge on any atom is -0.368 e. The van der Waals surface area contributed by atoms with Gasteiger partial charge < -0.3 is 29.9 Å². The summed E-state index contributed by atoms with van der Waals surface area (Å²) in [7, 11) is 4.15. The Bertz CT molecular complexity index is 1590. The van der Waals surface area contributed by atoms with Crippen LogP contribution in [0.25, 0.3) is 10.9 Å². The third-order valence-electron chi connectivity index (χ3n) is 8.84. The minimum atomic E-state index is -0.702. The lowest BCUT2D eigenvalue weighted by Gasteiger charge is -2.39. The van der Waals surface area contributed by atoms with Gasteiger partial charge in [-0.25, -0.2) is 4.79 Å². The number of anilines is 2. The topological polar surface area (TPSA) is 74.9 Å². The summed E-state index contributed by atoms with van der Waals surface area (Å²) in [6.07, 6.45) is 3.31. The molecule has 8 heteroatoms. The maximum absolute atomic E-state index is 14.5. The number of amides is 3. The van der Waals surface area contributed by atoms with E-state index in [1.807, 2.05) is 52.4 Å². The average Bonchev–Trinajstić information content (AvgIpc) is 3.42. The van der Waals surface area contributed by atoms with E-state index in [0.29, 0.717) is 32.0 Å². The Labute approximate surface area is 254 Å². The summed E-state index contributed by atoms with van der Waals surface area (Å²) in [4.78, 5) is 39.9. The van der Waals surface area contributed by atoms with Crippen LogP contribution < -0.4 is 15.1 Å². The fourth-order valence-corrected chi connectivity index (χ4v) is 6.74. The lowest BCUT2D eigenvalue weighted by molar-refractivity contribution is -0.120. The van der Waals surface area contributed by atoms with Crippen molar-refractivity contribution in [3.8, 4) is 0 Å². The van der Waals surface area contributed by atoms with E-state index < -0.39 is 6.04 Å². The standard InChI is InChI=1S/C35H42N6O2/c1-25-10-4-8-14-32(25)39-16-18-40(19-17-39)35(43)37-31(21-28-22-36-30-13-7-6-12-29(28)30)34(42)41-24-26(23-38(2)3)20-27-11-5-9-15-33(27)41/h4-15,22,26,31,36H,16-21,23-24H2,1-3H3,(H,37,43)/t26-,31-/m1/s1. The van der Waals surface area contributed by atoms with Crippen molar-refractivity contribution < 1.29 is 9.59 Å². The quantitative estimate of drug-likeness (QED) is 0.334. The molecule has 0 radical (unpaired) electrons. The summed E-state index contributed by atoms with van der Waals surface area (Å²) in [6, 6.07) is 23.8. The van der Waals surface area contributed by atoms with Gasteiger partial charge in [0.25, 0.3) is 0 Å². The third-order valence-corrected chi connectivity index (χ3v) is 8.84. The highest BCUT2D eigenvalue weighted by Crippen LogP contribution is 2.31. The molecule has 6 rings (SSSR count). The molecule has 0 spiro atoms. The zero-order chi connectivity index (χ0) is 29.9. The molecule has 0 saturated carbocycles. The van der Waals surface area contributed by atoms with E-state index in [4.69, 9.17) is 0 Å². The van der Waals surface area contributed by atoms with Crippen LogP contribution in [0.1, 0.15) is 16.7 Å². The van der Waals surface area contributed by atoms with Gasteiger partial charge >= 0.3 is 6.03 Å². The molecule has 1 saturated heterocycles. The molecule has 2 aliphatic heterocycles. The zero-order valence-electron chi connectivity index (χ0n) is 25.4. The maximum Gasteiger partial charge on any atom is 0.318 e. The van der Waals surface area contributed by atoms with Gasteiger partial charge in [-0.1, -0.05) is 54.6 Å². The Morgan fingerprint density at radius 2 is 1.63 bits per heavy atom. The summed E-state index contributed by atoms with van der Waals surface area (Å²) < 4.78 is 0. The second-order valence-corrected chi connectivity index (χ2v) is 12.2. The average molecular weight is 579 g/mol. The lowest BCUT2D eigenvalue weighted by Crippen LogP contribution is -2.58. The summed E-state index contributed by atoms with van der Waals surface area (Å²) in [5.74, 6) is 0.251. The van der Waals surface area contributed by atoms with E-state index in [1.54, 1.807) is 0 Å². The maximum atomic E-state index is 14.5. The van der Waals surface area contributed by atoms with Gasteiger partial charge in [0.1, 0.15) is 6.04 Å². The van der Waals surface area contributed by atoms with Gasteiger partial charge in [0.2, 0.25) is 5.91 Å². The Morgan fingerprint density at radius 1 is 0.930 bits per heavy atom. The van der Waals surface area contributed by atoms with Gasteiger partial charge in [0.15, 0.2) is 0 Å². The van der Waals surface area contributed by atoms with Crippen molar-refractivity contribution in [2.75, 3.05) is 63.2 Å². The normalized spacial score (nSPS) is 17.7. The molecule has 3 aromatic carbocycles. The summed E-state index contributed by atoms with van der Waals surface area (Å²) in [5.41, 5.74) is 6.63. The second-order valence-electron chi connectivity index (χ2n) is 12.2. The molecule has 1 fully saturated rings. The Hall–Kier alpha value is -4.30. The second kappa shape index (κ2) is 12.5. The van der Waals surface area contributed by atoms with Crippen LogP contribution in [0.4, 0.5) is 16.2 Å². The number of piperazine rings is 1. The van der Waals surface area contributed by atoms with Gasteiger partial charge in [-0.2, -0.15) is 0 Å². The number of H-pyrrole nitrogens is 1. The predicted octanol–water partition coefficient (Wildman–Crippen LogP) is 4.69. The number of carbonyl (C=O) groups is 2. The number of benzene rings is 3. The Morgan fingerprint density at radius 3 is 2.40 bits per heavy atom. The molecular formula is C35H42N6O2. The SMILES string of the molecule is Cc1ccccc1N1CCN(C(=O)N[C@H](Cc2c[nH]c3ccccc23)C(=O)N2C[C@@H](CN(C)C)Cc3ccccc32)CC1. The first-order valence-corrected chi connectivity index (χ1v) is 15.3. The van der Waals surface area contributed by atoms with Gasteiger partial charge in [-0.15, -0.1) is 0 Å². The van der Waals surface area contributed by atoms with Gasteiger partial charge in [-0.05, 0) is 68.2 Å². The van der Waals surface area contributed by atoms with Crippen molar-refractivity contribution in [3.63, 3.8) is 0 Å². The largest absolute Gasteiger partial charge is 0.368 e. The van der Waals surface area contributed by atoms with Crippen LogP contribution in [0.5, 0.6) is 0 Å². The van der Waals surface area contributed by atoms with Crippen molar-refractivity contribution in [2.45, 2.75) is 25.8 Å². The molecule has 224 valence electrons. The van der Waals surface area contributed by atoms with Crippen molar-refractivity contribution in [1.82, 2.24) is 20.1 Å². The van der Waals surface area contributed by atoms with E-state index in [2.05, 4.69) is 77.5 Å². The number of aromatic amines is 1. The van der Waals surface area contributed by atoms with Gasteiger partial charge in [0.05, 0.1) is 0 Å². The molecule has 0 bridgehead atoms. The highest BCUT2D eigenvalue weighted by molar-refractivity contribution is 6.00. The first kappa shape index (κ1) is 28.8. The van der Waals surface area contributed by atoms with Crippen LogP contribution in [0.2, 0.25) is 0 Å². The highest BCUT2D eigenvalue weighted by Gasteiger charge is 2.35. The monoisotopic (exact) mass is 578 g/mol. The number of aromatic nitrogens is 1. The fourth-order valence-electron chi connectivity index (χ4n) is 6.74. The number of urea groups is 1. The molecule has 2 N–H and O–H groups in total. The molecule has 4 aromatic rings. The van der Waals surface area contributed by atoms with E-state index in [1.165, 1.54) is 16.8 Å². The minimum absolute atomic E-state index is 0.0620. The van der Waals surface area contributed by atoms with Crippen molar-refractivity contribution >= 4 is 34.2 Å². The molecule has 2 aliphatic rings. The van der Waals surface area contributed by atoms with E-state index in [0.717, 1.165) is 48.2 Å². The number of nitrogens with zero attached hydrogens (tertiary/aromatic N) is 4. The summed E-state index contributed by atoms with van der Waals surface area (Å²) in [5, 5.41) is 4.27. The molecule has 0 aliphatic carbocycles. The van der Waals surface area contributed by atoms with Crippen LogP contribution in [-0.2, 0) is 17.6 Å². The van der Waals surface area contributed by atoms with Crippen LogP contribution in [0, 0.1) is 12.8 Å². The predicted molar refractivity (Wildman–Crippen MR) is 174 cm³/mol. The van der Waals surface area contributed by atoms with E-state index in [-0.39, 0.29) is 11.9 Å². The molecule has 2 atom stereocenters. The van der Waals surface area contributed by atoms with Crippen molar-refractivity contribution in [3.05, 3.63) is 95.7 Å². The van der Waals surface area contributed by atoms with Crippen LogP contribution >= 0.6 is 0 Å². The molecular weight excluding hydrogens is 536 g/mol. The van der Waals surface area contributed by atoms with Gasteiger partial charge in [0, 0.05) is 74.2 Å². The van der Waals surface area contributed by atoms with Crippen molar-refractivity contribution in [2.24, 2.45) is 5.92 Å². The summed E-state index contributed by atoms with van der Waals surface area (Å²) in [6.45, 7) is 6.36. The van der Waals surface area contributed by atoms with Gasteiger partial charge in [-0.3, -0.25) is 4.79 Å². The third kappa shape index (κ3) is 6.25. The fraction of sp³-hybridized carbons (Fsp3) is 0.371.